The molecule has 0 saturated heterocycles. The van der Waals surface area contributed by atoms with Crippen molar-refractivity contribution >= 4 is 61.9 Å². The lowest BCUT2D eigenvalue weighted by atomic mass is 9.98. The lowest BCUT2D eigenvalue weighted by Gasteiger charge is -2.23. The van der Waals surface area contributed by atoms with Gasteiger partial charge in [0.1, 0.15) is 33.8 Å². The third kappa shape index (κ3) is 9.13. The van der Waals surface area contributed by atoms with Gasteiger partial charge < -0.3 is 30.6 Å². The van der Waals surface area contributed by atoms with Gasteiger partial charge in [-0.25, -0.2) is 19.9 Å². The molecule has 0 aliphatic rings. The van der Waals surface area contributed by atoms with E-state index < -0.39 is 28.4 Å². The van der Waals surface area contributed by atoms with Crippen LogP contribution in [0, 0.1) is 28.1 Å². The molecule has 0 atom stereocenters. The van der Waals surface area contributed by atoms with Crippen LogP contribution in [0.2, 0.25) is 0 Å². The number of esters is 1. The highest BCUT2D eigenvalue weighted by atomic mass is 16.5. The molecule has 5 N–H and O–H groups in total. The normalized spacial score (nSPS) is 11.9. The lowest BCUT2D eigenvalue weighted by Crippen LogP contribution is -2.46. The fourth-order valence-electron chi connectivity index (χ4n) is 6.81. The fourth-order valence-corrected chi connectivity index (χ4v) is 6.81. The summed E-state index contributed by atoms with van der Waals surface area (Å²) < 4.78 is 10.3. The number of aromatic nitrogens is 10. The zero-order valence-corrected chi connectivity index (χ0v) is 37.8. The minimum atomic E-state index is -0.870. The van der Waals surface area contributed by atoms with Crippen molar-refractivity contribution in [1.82, 2.24) is 59.7 Å². The van der Waals surface area contributed by atoms with Crippen LogP contribution in [0.1, 0.15) is 80.3 Å². The molecule has 8 rings (SSSR count). The van der Waals surface area contributed by atoms with Crippen molar-refractivity contribution in [3.05, 3.63) is 83.4 Å². The maximum Gasteiger partial charge on any atom is 0.312 e. The minimum Gasteiger partial charge on any atom is -0.443 e. The Morgan fingerprint density at radius 3 is 1.74 bits per heavy atom. The van der Waals surface area contributed by atoms with Crippen LogP contribution in [0.3, 0.4) is 0 Å². The zero-order chi connectivity index (χ0) is 47.9. The topological polar surface area (TPSA) is 280 Å². The molecular formula is C46H48N14O6. The predicted molar refractivity (Wildman–Crippen MR) is 243 cm³/mol. The molecule has 338 valence electrons. The molecule has 0 saturated carbocycles. The van der Waals surface area contributed by atoms with E-state index >= 15 is 0 Å². The van der Waals surface area contributed by atoms with Crippen molar-refractivity contribution in [2.24, 2.45) is 19.5 Å². The molecule has 2 aromatic carbocycles. The summed E-state index contributed by atoms with van der Waals surface area (Å²) in [5.41, 5.74) is 4.49. The highest BCUT2D eigenvalue weighted by Gasteiger charge is 2.28. The second-order valence-electron chi connectivity index (χ2n) is 18.0. The van der Waals surface area contributed by atoms with Crippen LogP contribution in [0.4, 0.5) is 0 Å². The van der Waals surface area contributed by atoms with E-state index in [4.69, 9.17) is 15.0 Å². The standard InChI is InChI=1S/C26H29N7O4.C20H19N7O2/c1-25(2,3)24(36)37-14-33-12-17(23(35)30-26(4,5)13-34)21-22(33)28-11-18(29-21)20-16-8-7-15(10-27)9-19(16)32(6)31-20;1-20(2,10-28)25-19(29)13-8-22-18-17(13)24-14(9-23-18)16-12-5-4-11(7-21)6-15(12)27(3)26-16/h7-9,11-12,34H,13-14H2,1-6H3,(H,30,35);4-6,8-9,28H,10H2,1-3H3,(H,22,23)(H,25,29). The van der Waals surface area contributed by atoms with Gasteiger partial charge >= 0.3 is 5.97 Å². The molecule has 66 heavy (non-hydrogen) atoms. The van der Waals surface area contributed by atoms with Crippen molar-refractivity contribution in [3.8, 4) is 34.9 Å². The Labute approximate surface area is 377 Å². The summed E-state index contributed by atoms with van der Waals surface area (Å²) in [6.45, 7) is 11.5. The molecule has 0 bridgehead atoms. The first-order valence-corrected chi connectivity index (χ1v) is 20.7. The number of aliphatic hydroxyl groups is 2. The number of hydrogen-bond acceptors (Lipinski definition) is 14. The van der Waals surface area contributed by atoms with Crippen LogP contribution in [0.25, 0.3) is 66.9 Å². The van der Waals surface area contributed by atoms with Crippen molar-refractivity contribution in [1.29, 1.82) is 10.5 Å². The number of amides is 2. The number of fused-ring (bicyclic) bond motifs is 4. The Hall–Kier alpha value is -8.07. The zero-order valence-electron chi connectivity index (χ0n) is 37.8. The van der Waals surface area contributed by atoms with E-state index in [0.29, 0.717) is 61.8 Å². The number of aliphatic hydroxyl groups excluding tert-OH is 2. The van der Waals surface area contributed by atoms with Gasteiger partial charge in [0.25, 0.3) is 11.8 Å². The Kier molecular flexibility index (Phi) is 12.2. The first-order valence-electron chi connectivity index (χ1n) is 20.7. The average Bonchev–Trinajstić information content (AvgIpc) is 4.06. The number of carbonyl (C=O) groups is 3. The van der Waals surface area contributed by atoms with Crippen LogP contribution in [-0.4, -0.2) is 101 Å². The molecule has 0 fully saturated rings. The first-order chi connectivity index (χ1) is 31.2. The summed E-state index contributed by atoms with van der Waals surface area (Å²) in [6.07, 6.45) is 6.22. The largest absolute Gasteiger partial charge is 0.443 e. The van der Waals surface area contributed by atoms with Crippen LogP contribution in [0.5, 0.6) is 0 Å². The van der Waals surface area contributed by atoms with Gasteiger partial charge in [0.05, 0.1) is 87.5 Å². The summed E-state index contributed by atoms with van der Waals surface area (Å²) in [4.78, 5) is 59.5. The van der Waals surface area contributed by atoms with Gasteiger partial charge in [-0.1, -0.05) is 0 Å². The minimum absolute atomic E-state index is 0.152. The van der Waals surface area contributed by atoms with Crippen LogP contribution < -0.4 is 10.6 Å². The molecule has 20 nitrogen and oxygen atoms in total. The monoisotopic (exact) mass is 892 g/mol. The van der Waals surface area contributed by atoms with Gasteiger partial charge in [0, 0.05) is 37.3 Å². The van der Waals surface area contributed by atoms with Crippen molar-refractivity contribution in [2.45, 2.75) is 66.3 Å². The highest BCUT2D eigenvalue weighted by Crippen LogP contribution is 2.31. The second kappa shape index (κ2) is 17.5. The van der Waals surface area contributed by atoms with Crippen molar-refractivity contribution in [2.75, 3.05) is 13.2 Å². The maximum atomic E-state index is 13.2. The molecule has 6 aromatic heterocycles. The van der Waals surface area contributed by atoms with E-state index in [2.05, 4.69) is 52.9 Å². The van der Waals surface area contributed by atoms with Crippen molar-refractivity contribution in [3.63, 3.8) is 0 Å². The molecule has 6 heterocycles. The van der Waals surface area contributed by atoms with Gasteiger partial charge in [-0.05, 0) is 84.9 Å². The van der Waals surface area contributed by atoms with Gasteiger partial charge in [0.15, 0.2) is 18.0 Å². The Morgan fingerprint density at radius 1 is 0.742 bits per heavy atom. The first kappa shape index (κ1) is 45.9. The van der Waals surface area contributed by atoms with E-state index in [-0.39, 0.29) is 31.4 Å². The summed E-state index contributed by atoms with van der Waals surface area (Å²) in [6, 6.07) is 14.8. The number of rotatable bonds is 10. The van der Waals surface area contributed by atoms with E-state index in [9.17, 15) is 29.9 Å². The lowest BCUT2D eigenvalue weighted by molar-refractivity contribution is -0.156. The molecule has 0 aliphatic heterocycles. The van der Waals surface area contributed by atoms with Gasteiger partial charge in [-0.3, -0.25) is 28.3 Å². The number of aromatic amines is 1. The Bertz CT molecular complexity index is 3300. The number of benzene rings is 2. The number of aryl methyl sites for hydroxylation is 2. The van der Waals surface area contributed by atoms with E-state index in [0.717, 1.165) is 21.8 Å². The average molecular weight is 893 g/mol. The van der Waals surface area contributed by atoms with E-state index in [1.165, 1.54) is 6.20 Å². The summed E-state index contributed by atoms with van der Waals surface area (Å²) >= 11 is 0. The number of ether oxygens (including phenoxy) is 1. The number of nitriles is 2. The molecule has 2 amide bonds. The molecule has 0 unspecified atom stereocenters. The van der Waals surface area contributed by atoms with Crippen LogP contribution in [0.15, 0.2) is 61.2 Å². The number of H-pyrrole nitrogens is 1. The van der Waals surface area contributed by atoms with Crippen LogP contribution in [-0.2, 0) is 30.4 Å². The molecule has 0 aliphatic carbocycles. The fraction of sp³-hybridized carbons (Fsp3) is 0.326. The summed E-state index contributed by atoms with van der Waals surface area (Å²) in [7, 11) is 3.57. The quantitative estimate of drug-likeness (QED) is 0.116. The smallest absolute Gasteiger partial charge is 0.312 e. The molecule has 0 radical (unpaired) electrons. The van der Waals surface area contributed by atoms with Crippen LogP contribution >= 0.6 is 0 Å². The number of nitrogens with zero attached hydrogens (tertiary/aromatic N) is 11. The highest BCUT2D eigenvalue weighted by molar-refractivity contribution is 6.06. The third-order valence-electron chi connectivity index (χ3n) is 10.5. The second-order valence-corrected chi connectivity index (χ2v) is 18.0. The SMILES string of the molecule is Cn1nc(-c2cnc3[nH]cc(C(=O)NC(C)(C)CO)c3n2)c2ccc(C#N)cc21.Cn1nc(-c2cnc3c(n2)c(C(=O)NC(C)(C)CO)cn3COC(=O)C(C)(C)C)c2ccc(C#N)cc21. The molecule has 20 heteroatoms. The van der Waals surface area contributed by atoms with Gasteiger partial charge in [-0.2, -0.15) is 20.7 Å². The van der Waals surface area contributed by atoms with E-state index in [1.807, 2.05) is 6.07 Å². The predicted octanol–water partition coefficient (Wildman–Crippen LogP) is 4.79. The molecule has 0 spiro atoms. The number of hydrogen-bond donors (Lipinski definition) is 5. The molecular weight excluding hydrogens is 845 g/mol. The Balaban J connectivity index is 0.000000202. The summed E-state index contributed by atoms with van der Waals surface area (Å²) in [5, 5.41) is 53.7. The van der Waals surface area contributed by atoms with Gasteiger partial charge in [-0.15, -0.1) is 0 Å². The van der Waals surface area contributed by atoms with Crippen molar-refractivity contribution < 1.29 is 29.3 Å². The number of nitrogens with one attached hydrogen (secondary N) is 3. The van der Waals surface area contributed by atoms with Gasteiger partial charge in [0.2, 0.25) is 0 Å². The number of carbonyl (C=O) groups excluding carboxylic acids is 3. The van der Waals surface area contributed by atoms with E-state index in [1.54, 1.807) is 125 Å². The Morgan fingerprint density at radius 2 is 1.24 bits per heavy atom. The summed E-state index contributed by atoms with van der Waals surface area (Å²) in [5.74, 6) is -1.21. The maximum absolute atomic E-state index is 13.2. The molecule has 8 aromatic rings. The third-order valence-corrected chi connectivity index (χ3v) is 10.5.